The second kappa shape index (κ2) is 10.9. The van der Waals surface area contributed by atoms with Crippen LogP contribution in [0.5, 0.6) is 11.5 Å². The summed E-state index contributed by atoms with van der Waals surface area (Å²) < 4.78 is 11.0. The van der Waals surface area contributed by atoms with Gasteiger partial charge in [0.2, 0.25) is 5.91 Å². The third-order valence-corrected chi connectivity index (χ3v) is 6.12. The highest BCUT2D eigenvalue weighted by molar-refractivity contribution is 5.89. The number of carbonyl (C=O) groups excluding carboxylic acids is 1. The molecule has 9 heteroatoms. The Balaban J connectivity index is 1.48. The van der Waals surface area contributed by atoms with Crippen molar-refractivity contribution in [1.82, 2.24) is 15.3 Å². The van der Waals surface area contributed by atoms with E-state index in [1.165, 1.54) is 0 Å². The first-order valence-corrected chi connectivity index (χ1v) is 11.4. The Labute approximate surface area is 203 Å². The maximum absolute atomic E-state index is 13.0. The summed E-state index contributed by atoms with van der Waals surface area (Å²) >= 11 is 0. The van der Waals surface area contributed by atoms with Crippen molar-refractivity contribution < 1.29 is 24.2 Å². The molecule has 0 saturated carbocycles. The summed E-state index contributed by atoms with van der Waals surface area (Å²) in [6.07, 6.45) is 6.36. The van der Waals surface area contributed by atoms with Gasteiger partial charge in [-0.05, 0) is 36.1 Å². The van der Waals surface area contributed by atoms with Crippen LogP contribution in [0.25, 0.3) is 11.1 Å². The molecule has 4 rings (SSSR count). The van der Waals surface area contributed by atoms with Crippen LogP contribution in [0.4, 0.5) is 5.82 Å². The average Bonchev–Trinajstić information content (AvgIpc) is 3.39. The molecule has 0 spiro atoms. The van der Waals surface area contributed by atoms with E-state index in [0.29, 0.717) is 30.3 Å². The number of aliphatic carboxylic acids is 1. The molecule has 0 unspecified atom stereocenters. The quantitative estimate of drug-likeness (QED) is 0.485. The molecule has 1 fully saturated rings. The lowest BCUT2D eigenvalue weighted by Gasteiger charge is -2.26. The number of carboxylic acids is 1. The second-order valence-electron chi connectivity index (χ2n) is 8.25. The van der Waals surface area contributed by atoms with Gasteiger partial charge in [-0.25, -0.2) is 9.78 Å². The molecule has 2 N–H and O–H groups in total. The first kappa shape index (κ1) is 24.0. The summed E-state index contributed by atoms with van der Waals surface area (Å²) in [5.41, 5.74) is 2.48. The van der Waals surface area contributed by atoms with Gasteiger partial charge in [0.25, 0.3) is 0 Å². The normalized spacial score (nSPS) is 15.9. The molecule has 2 atom stereocenters. The molecule has 3 aromatic rings. The third kappa shape index (κ3) is 5.34. The first-order chi connectivity index (χ1) is 17.0. The van der Waals surface area contributed by atoms with Crippen molar-refractivity contribution in [2.24, 2.45) is 0 Å². The number of nitrogens with one attached hydrogen (secondary N) is 1. The monoisotopic (exact) mass is 476 g/mol. The molecule has 182 valence electrons. The number of rotatable bonds is 9. The number of hydrogen-bond acceptors (Lipinski definition) is 7. The maximum atomic E-state index is 13.0. The zero-order chi connectivity index (χ0) is 24.8. The van der Waals surface area contributed by atoms with Crippen molar-refractivity contribution in [1.29, 1.82) is 0 Å². The molecule has 35 heavy (non-hydrogen) atoms. The van der Waals surface area contributed by atoms with Gasteiger partial charge < -0.3 is 24.8 Å². The minimum absolute atomic E-state index is 0.155. The fourth-order valence-electron chi connectivity index (χ4n) is 4.40. The highest BCUT2D eigenvalue weighted by atomic mass is 16.5. The molecule has 1 aliphatic rings. The summed E-state index contributed by atoms with van der Waals surface area (Å²) in [4.78, 5) is 35.2. The van der Waals surface area contributed by atoms with Gasteiger partial charge in [-0.2, -0.15) is 0 Å². The zero-order valence-electron chi connectivity index (χ0n) is 19.7. The van der Waals surface area contributed by atoms with Crippen LogP contribution in [0.3, 0.4) is 0 Å². The fraction of sp³-hybridized carbons (Fsp3) is 0.308. The molecule has 0 radical (unpaired) electrons. The first-order valence-electron chi connectivity index (χ1n) is 11.4. The van der Waals surface area contributed by atoms with Crippen LogP contribution in [-0.2, 0) is 16.0 Å². The lowest BCUT2D eigenvalue weighted by Crippen LogP contribution is -2.50. The Kier molecular flexibility index (Phi) is 7.45. The van der Waals surface area contributed by atoms with Gasteiger partial charge in [0.1, 0.15) is 29.4 Å². The lowest BCUT2D eigenvalue weighted by atomic mass is 9.99. The van der Waals surface area contributed by atoms with Crippen LogP contribution < -0.4 is 19.7 Å². The van der Waals surface area contributed by atoms with Crippen molar-refractivity contribution in [3.63, 3.8) is 0 Å². The Hall–Kier alpha value is -4.14. The predicted molar refractivity (Wildman–Crippen MR) is 131 cm³/mol. The zero-order valence-corrected chi connectivity index (χ0v) is 19.7. The van der Waals surface area contributed by atoms with Crippen molar-refractivity contribution in [3.8, 4) is 22.6 Å². The minimum atomic E-state index is -1.09. The lowest BCUT2D eigenvalue weighted by molar-refractivity contribution is -0.141. The van der Waals surface area contributed by atoms with Gasteiger partial charge in [-0.1, -0.05) is 30.3 Å². The Morgan fingerprint density at radius 2 is 1.83 bits per heavy atom. The van der Waals surface area contributed by atoms with Crippen molar-refractivity contribution in [3.05, 3.63) is 66.6 Å². The Morgan fingerprint density at radius 1 is 1.11 bits per heavy atom. The molecule has 1 aromatic heterocycles. The van der Waals surface area contributed by atoms with Gasteiger partial charge in [0, 0.05) is 25.4 Å². The van der Waals surface area contributed by atoms with Crippen LogP contribution in [0.15, 0.2) is 61.1 Å². The molecule has 2 aromatic carbocycles. The van der Waals surface area contributed by atoms with Crippen molar-refractivity contribution in [2.75, 3.05) is 25.7 Å². The van der Waals surface area contributed by atoms with Crippen LogP contribution in [0.2, 0.25) is 0 Å². The smallest absolute Gasteiger partial charge is 0.326 e. The number of methoxy groups -OCH3 is 2. The topological polar surface area (TPSA) is 114 Å². The highest BCUT2D eigenvalue weighted by Gasteiger charge is 2.34. The van der Waals surface area contributed by atoms with E-state index >= 15 is 0 Å². The molecule has 2 heterocycles. The minimum Gasteiger partial charge on any atom is -0.496 e. The third-order valence-electron chi connectivity index (χ3n) is 6.12. The average molecular weight is 477 g/mol. The van der Waals surface area contributed by atoms with Gasteiger partial charge in [-0.15, -0.1) is 0 Å². The van der Waals surface area contributed by atoms with Crippen LogP contribution in [0, 0.1) is 0 Å². The van der Waals surface area contributed by atoms with Crippen LogP contribution in [-0.4, -0.2) is 59.8 Å². The molecule has 0 aliphatic carbocycles. The maximum Gasteiger partial charge on any atom is 0.326 e. The molecular weight excluding hydrogens is 448 g/mol. The Bertz CT molecular complexity index is 1150. The largest absolute Gasteiger partial charge is 0.496 e. The molecule has 0 bridgehead atoms. The summed E-state index contributed by atoms with van der Waals surface area (Å²) in [6.45, 7) is 0.669. The summed E-state index contributed by atoms with van der Waals surface area (Å²) in [5, 5.41) is 12.5. The summed E-state index contributed by atoms with van der Waals surface area (Å²) in [7, 11) is 3.20. The van der Waals surface area contributed by atoms with E-state index in [1.807, 2.05) is 47.4 Å². The molecular formula is C26H28N4O5. The molecule has 1 amide bonds. The van der Waals surface area contributed by atoms with E-state index in [9.17, 15) is 14.7 Å². The number of hydrogen-bond donors (Lipinski definition) is 2. The number of amides is 1. The van der Waals surface area contributed by atoms with E-state index < -0.39 is 18.1 Å². The number of ether oxygens (including phenoxy) is 2. The summed E-state index contributed by atoms with van der Waals surface area (Å²) in [5.74, 6) is 0.558. The molecule has 1 saturated heterocycles. The second-order valence-corrected chi connectivity index (χ2v) is 8.25. The van der Waals surface area contributed by atoms with Gasteiger partial charge >= 0.3 is 5.97 Å². The number of aromatic nitrogens is 2. The molecule has 9 nitrogen and oxygen atoms in total. The fourth-order valence-corrected chi connectivity index (χ4v) is 4.40. The van der Waals surface area contributed by atoms with E-state index in [1.54, 1.807) is 32.8 Å². The molecule has 1 aliphatic heterocycles. The standard InChI is InChI=1S/C26H28N4O5/c1-34-21-6-3-7-22(35-2)24(21)18-10-8-17(9-11-18)15-19(26(32)33)29-25(31)20-5-4-14-30(20)23-16-27-12-13-28-23/h3,6-13,16,19-20H,4-5,14-15H2,1-2H3,(H,29,31)(H,32,33)/t19-,20+/m0/s1. The van der Waals surface area contributed by atoms with Crippen LogP contribution >= 0.6 is 0 Å². The van der Waals surface area contributed by atoms with E-state index in [-0.39, 0.29) is 12.3 Å². The van der Waals surface area contributed by atoms with Gasteiger partial charge in [-0.3, -0.25) is 9.78 Å². The van der Waals surface area contributed by atoms with Gasteiger partial charge in [0.05, 0.1) is 26.0 Å². The van der Waals surface area contributed by atoms with E-state index in [2.05, 4.69) is 15.3 Å². The van der Waals surface area contributed by atoms with Crippen molar-refractivity contribution in [2.45, 2.75) is 31.3 Å². The van der Waals surface area contributed by atoms with E-state index in [4.69, 9.17) is 9.47 Å². The summed E-state index contributed by atoms with van der Waals surface area (Å²) in [6, 6.07) is 11.5. The number of benzene rings is 2. The van der Waals surface area contributed by atoms with Crippen LogP contribution in [0.1, 0.15) is 18.4 Å². The number of nitrogens with zero attached hydrogens (tertiary/aromatic N) is 3. The van der Waals surface area contributed by atoms with E-state index in [0.717, 1.165) is 23.1 Å². The van der Waals surface area contributed by atoms with Crippen molar-refractivity contribution >= 4 is 17.7 Å². The number of carboxylic acid groups (broad SMARTS) is 1. The number of anilines is 1. The Morgan fingerprint density at radius 3 is 2.43 bits per heavy atom. The number of carbonyl (C=O) groups is 2. The predicted octanol–water partition coefficient (Wildman–Crippen LogP) is 2.94. The highest BCUT2D eigenvalue weighted by Crippen LogP contribution is 2.38. The SMILES string of the molecule is COc1cccc(OC)c1-c1ccc(C[C@H](NC(=O)[C@H]2CCCN2c2cnccn2)C(=O)O)cc1. The van der Waals surface area contributed by atoms with Gasteiger partial charge in [0.15, 0.2) is 0 Å².